The molecule has 1 N–H and O–H groups in total. The summed E-state index contributed by atoms with van der Waals surface area (Å²) in [6.07, 6.45) is 3.40. The Morgan fingerprint density at radius 2 is 2.08 bits per heavy atom. The highest BCUT2D eigenvalue weighted by Crippen LogP contribution is 2.53. The maximum absolute atomic E-state index is 5.14. The van der Waals surface area contributed by atoms with Gasteiger partial charge in [-0.1, -0.05) is 30.3 Å². The number of nitrogens with zero attached hydrogens (tertiary/aromatic N) is 2. The third kappa shape index (κ3) is 1.55. The lowest BCUT2D eigenvalue weighted by atomic mass is 9.84. The van der Waals surface area contributed by atoms with Gasteiger partial charge in [0.05, 0.1) is 11.4 Å². The molecule has 2 aromatic carbocycles. The minimum Gasteiger partial charge on any atom is -0.356 e. The fourth-order valence-electron chi connectivity index (χ4n) is 5.37. The smallest absolute Gasteiger partial charge is 0.123 e. The molecule has 0 amide bonds. The van der Waals surface area contributed by atoms with Crippen LogP contribution >= 0.6 is 0 Å². The number of H-pyrrole nitrogens is 1. The molecular formula is C22H21N3. The van der Waals surface area contributed by atoms with Gasteiger partial charge in [0.1, 0.15) is 5.54 Å². The van der Waals surface area contributed by atoms with Gasteiger partial charge in [0.15, 0.2) is 0 Å². The molecule has 0 aliphatic carbocycles. The van der Waals surface area contributed by atoms with Crippen LogP contribution in [0.4, 0.5) is 5.69 Å². The predicted molar refractivity (Wildman–Crippen MR) is 103 cm³/mol. The summed E-state index contributed by atoms with van der Waals surface area (Å²) in [7, 11) is 0. The number of rotatable bonds is 0. The first-order valence-corrected chi connectivity index (χ1v) is 9.33. The van der Waals surface area contributed by atoms with Crippen molar-refractivity contribution in [1.82, 2.24) is 4.98 Å². The molecule has 1 aromatic heterocycles. The lowest BCUT2D eigenvalue weighted by Crippen LogP contribution is -2.43. The Kier molecular flexibility index (Phi) is 2.49. The number of aryl methyl sites for hydroxylation is 1. The molecule has 3 aliphatic rings. The maximum atomic E-state index is 5.14. The molecule has 1 atom stereocenters. The molecule has 0 saturated carbocycles. The summed E-state index contributed by atoms with van der Waals surface area (Å²) in [6, 6.07) is 15.6. The molecule has 3 heteroatoms. The Bertz CT molecular complexity index is 1060. The van der Waals surface area contributed by atoms with Gasteiger partial charge in [-0.25, -0.2) is 0 Å². The zero-order chi connectivity index (χ0) is 16.6. The first-order chi connectivity index (χ1) is 12.3. The van der Waals surface area contributed by atoms with E-state index in [0.717, 1.165) is 25.9 Å². The lowest BCUT2D eigenvalue weighted by Gasteiger charge is -2.34. The van der Waals surface area contributed by atoms with Crippen molar-refractivity contribution in [3.05, 3.63) is 64.8 Å². The van der Waals surface area contributed by atoms with E-state index in [9.17, 15) is 0 Å². The lowest BCUT2D eigenvalue weighted by molar-refractivity contribution is 0.598. The van der Waals surface area contributed by atoms with Crippen LogP contribution in [0, 0.1) is 6.92 Å². The quantitative estimate of drug-likeness (QED) is 0.655. The summed E-state index contributed by atoms with van der Waals surface area (Å²) >= 11 is 0. The zero-order valence-electron chi connectivity index (χ0n) is 14.5. The molecule has 1 spiro atoms. The van der Waals surface area contributed by atoms with E-state index in [1.54, 1.807) is 0 Å². The van der Waals surface area contributed by atoms with Crippen LogP contribution in [0.25, 0.3) is 10.9 Å². The molecular weight excluding hydrogens is 306 g/mol. The summed E-state index contributed by atoms with van der Waals surface area (Å²) in [4.78, 5) is 11.6. The molecule has 3 aromatic rings. The minimum absolute atomic E-state index is 0.0824. The average molecular weight is 327 g/mol. The summed E-state index contributed by atoms with van der Waals surface area (Å²) in [5.74, 6) is 0. The average Bonchev–Trinajstić information content (AvgIpc) is 3.24. The second-order valence-corrected chi connectivity index (χ2v) is 7.64. The van der Waals surface area contributed by atoms with Gasteiger partial charge >= 0.3 is 0 Å². The highest BCUT2D eigenvalue weighted by Gasteiger charge is 2.55. The van der Waals surface area contributed by atoms with E-state index in [1.165, 1.54) is 51.1 Å². The Hall–Kier alpha value is -2.55. The maximum Gasteiger partial charge on any atom is 0.123 e. The normalized spacial score (nSPS) is 23.7. The third-order valence-corrected chi connectivity index (χ3v) is 6.33. The molecule has 6 rings (SSSR count). The van der Waals surface area contributed by atoms with Crippen molar-refractivity contribution in [1.29, 1.82) is 0 Å². The van der Waals surface area contributed by atoms with Crippen molar-refractivity contribution in [2.24, 2.45) is 4.99 Å². The first kappa shape index (κ1) is 13.7. The molecule has 1 unspecified atom stereocenters. The van der Waals surface area contributed by atoms with Crippen molar-refractivity contribution in [2.75, 3.05) is 18.0 Å². The Morgan fingerprint density at radius 3 is 3.04 bits per heavy atom. The van der Waals surface area contributed by atoms with Crippen LogP contribution in [0.5, 0.6) is 0 Å². The van der Waals surface area contributed by atoms with E-state index in [2.05, 4.69) is 59.3 Å². The van der Waals surface area contributed by atoms with E-state index >= 15 is 0 Å². The number of hydrogen-bond donors (Lipinski definition) is 1. The summed E-state index contributed by atoms with van der Waals surface area (Å²) < 4.78 is 0. The van der Waals surface area contributed by atoms with Gasteiger partial charge in [0.2, 0.25) is 0 Å². The summed E-state index contributed by atoms with van der Waals surface area (Å²) in [5.41, 5.74) is 9.41. The third-order valence-electron chi connectivity index (χ3n) is 6.33. The number of anilines is 1. The first-order valence-electron chi connectivity index (χ1n) is 9.33. The van der Waals surface area contributed by atoms with Crippen molar-refractivity contribution in [3.63, 3.8) is 0 Å². The highest BCUT2D eigenvalue weighted by molar-refractivity contribution is 6.18. The predicted octanol–water partition coefficient (Wildman–Crippen LogP) is 4.33. The largest absolute Gasteiger partial charge is 0.356 e. The van der Waals surface area contributed by atoms with E-state index in [-0.39, 0.29) is 5.54 Å². The van der Waals surface area contributed by atoms with Gasteiger partial charge in [-0.2, -0.15) is 0 Å². The highest BCUT2D eigenvalue weighted by atomic mass is 15.3. The van der Waals surface area contributed by atoms with Gasteiger partial charge in [0, 0.05) is 35.2 Å². The number of hydrogen-bond acceptors (Lipinski definition) is 2. The van der Waals surface area contributed by atoms with Crippen LogP contribution in [-0.2, 0) is 12.0 Å². The van der Waals surface area contributed by atoms with Gasteiger partial charge in [-0.15, -0.1) is 0 Å². The molecule has 1 fully saturated rings. The van der Waals surface area contributed by atoms with Gasteiger partial charge < -0.3 is 9.88 Å². The number of fused-ring (bicyclic) bond motifs is 6. The zero-order valence-corrected chi connectivity index (χ0v) is 14.5. The van der Waals surface area contributed by atoms with Gasteiger partial charge in [0.25, 0.3) is 0 Å². The fourth-order valence-corrected chi connectivity index (χ4v) is 5.37. The van der Waals surface area contributed by atoms with Gasteiger partial charge in [-0.3, -0.25) is 4.99 Å². The number of aliphatic imine (C=N–C) groups is 1. The Morgan fingerprint density at radius 1 is 1.16 bits per heavy atom. The monoisotopic (exact) mass is 327 g/mol. The molecule has 4 heterocycles. The SMILES string of the molecule is Cc1ccc2c(c1)N1CCCC13C2=NCCc1c3[nH]c2ccccc12. The van der Waals surface area contributed by atoms with E-state index in [1.807, 2.05) is 0 Å². The van der Waals surface area contributed by atoms with E-state index in [4.69, 9.17) is 4.99 Å². The second kappa shape index (κ2) is 4.54. The number of benzene rings is 2. The molecule has 3 aliphatic heterocycles. The van der Waals surface area contributed by atoms with Crippen molar-refractivity contribution >= 4 is 22.3 Å². The molecule has 3 nitrogen and oxygen atoms in total. The molecule has 1 saturated heterocycles. The fraction of sp³-hybridized carbons (Fsp3) is 0.318. The van der Waals surface area contributed by atoms with Crippen LogP contribution < -0.4 is 4.90 Å². The van der Waals surface area contributed by atoms with Crippen molar-refractivity contribution in [3.8, 4) is 0 Å². The molecule has 124 valence electrons. The van der Waals surface area contributed by atoms with Crippen LogP contribution in [0.2, 0.25) is 0 Å². The van der Waals surface area contributed by atoms with Crippen LogP contribution in [0.15, 0.2) is 47.5 Å². The van der Waals surface area contributed by atoms with E-state index in [0.29, 0.717) is 0 Å². The molecule has 0 bridgehead atoms. The van der Waals surface area contributed by atoms with Crippen LogP contribution in [-0.4, -0.2) is 23.8 Å². The van der Waals surface area contributed by atoms with Crippen molar-refractivity contribution in [2.45, 2.75) is 31.7 Å². The van der Waals surface area contributed by atoms with E-state index < -0.39 is 0 Å². The number of nitrogens with one attached hydrogen (secondary N) is 1. The standard InChI is InChI=1S/C22H21N3/c1-14-7-8-17-19(13-14)25-12-4-10-22(25)20(17)23-11-9-16-15-5-2-3-6-18(15)24-21(16)22/h2-3,5-8,13,24H,4,9-12H2,1H3. The van der Waals surface area contributed by atoms with Gasteiger partial charge in [-0.05, 0) is 49.4 Å². The molecule has 25 heavy (non-hydrogen) atoms. The van der Waals surface area contributed by atoms with Crippen LogP contribution in [0.3, 0.4) is 0 Å². The van der Waals surface area contributed by atoms with Crippen molar-refractivity contribution < 1.29 is 0 Å². The van der Waals surface area contributed by atoms with Crippen LogP contribution in [0.1, 0.15) is 35.2 Å². The number of para-hydroxylation sites is 1. The summed E-state index contributed by atoms with van der Waals surface area (Å²) in [5, 5.41) is 1.38. The second-order valence-electron chi connectivity index (χ2n) is 7.64. The summed E-state index contributed by atoms with van der Waals surface area (Å²) in [6.45, 7) is 4.19. The topological polar surface area (TPSA) is 31.4 Å². The minimum atomic E-state index is -0.0824. The number of aromatic nitrogens is 1. The Labute approximate surface area is 147 Å². The Balaban J connectivity index is 1.71. The number of aromatic amines is 1. The molecule has 0 radical (unpaired) electrons.